The highest BCUT2D eigenvalue weighted by Gasteiger charge is 2.31. The highest BCUT2D eigenvalue weighted by Crippen LogP contribution is 2.32. The SMILES string of the molecule is COC(=O)C1CN(c2nc(-c3cccc(Cl)c3)nc3c2CCCC3)CCO1. The molecule has 0 saturated carbocycles. The average molecular weight is 388 g/mol. The molecule has 1 saturated heterocycles. The number of ether oxygens (including phenoxy) is 2. The lowest BCUT2D eigenvalue weighted by atomic mass is 9.95. The quantitative estimate of drug-likeness (QED) is 0.754. The van der Waals surface area contributed by atoms with E-state index in [0.29, 0.717) is 30.5 Å². The monoisotopic (exact) mass is 387 g/mol. The van der Waals surface area contributed by atoms with E-state index in [2.05, 4.69) is 4.90 Å². The van der Waals surface area contributed by atoms with Crippen molar-refractivity contribution in [3.8, 4) is 11.4 Å². The molecule has 2 aliphatic rings. The van der Waals surface area contributed by atoms with Gasteiger partial charge in [0, 0.05) is 28.4 Å². The molecule has 1 fully saturated rings. The molecule has 1 aromatic carbocycles. The van der Waals surface area contributed by atoms with Crippen LogP contribution in [-0.2, 0) is 27.1 Å². The molecule has 0 amide bonds. The number of anilines is 1. The first-order chi connectivity index (χ1) is 13.2. The van der Waals surface area contributed by atoms with Crippen LogP contribution in [-0.4, -0.2) is 48.8 Å². The predicted octanol–water partition coefficient (Wildman–Crippen LogP) is 3.05. The fourth-order valence-corrected chi connectivity index (χ4v) is 3.90. The second-order valence-corrected chi connectivity index (χ2v) is 7.28. The molecular weight excluding hydrogens is 366 g/mol. The molecule has 0 N–H and O–H groups in total. The van der Waals surface area contributed by atoms with Crippen molar-refractivity contribution in [1.29, 1.82) is 0 Å². The van der Waals surface area contributed by atoms with Crippen molar-refractivity contribution in [2.45, 2.75) is 31.8 Å². The number of rotatable bonds is 3. The number of hydrogen-bond donors (Lipinski definition) is 0. The molecule has 1 atom stereocenters. The van der Waals surface area contributed by atoms with Gasteiger partial charge in [-0.1, -0.05) is 23.7 Å². The minimum absolute atomic E-state index is 0.349. The Bertz CT molecular complexity index is 858. The molecule has 142 valence electrons. The Hall–Kier alpha value is -2.18. The lowest BCUT2D eigenvalue weighted by molar-refractivity contribution is -0.154. The van der Waals surface area contributed by atoms with Crippen molar-refractivity contribution >= 4 is 23.4 Å². The number of carbonyl (C=O) groups is 1. The highest BCUT2D eigenvalue weighted by molar-refractivity contribution is 6.30. The maximum Gasteiger partial charge on any atom is 0.336 e. The van der Waals surface area contributed by atoms with E-state index in [1.54, 1.807) is 0 Å². The first-order valence-corrected chi connectivity index (χ1v) is 9.63. The zero-order valence-electron chi connectivity index (χ0n) is 15.3. The van der Waals surface area contributed by atoms with E-state index in [4.69, 9.17) is 31.0 Å². The molecule has 7 heteroatoms. The number of nitrogens with zero attached hydrogens (tertiary/aromatic N) is 3. The van der Waals surface area contributed by atoms with Gasteiger partial charge in [0.25, 0.3) is 0 Å². The summed E-state index contributed by atoms with van der Waals surface area (Å²) in [5.41, 5.74) is 3.19. The summed E-state index contributed by atoms with van der Waals surface area (Å²) in [6.45, 7) is 1.59. The number of aromatic nitrogens is 2. The Labute approximate surface area is 163 Å². The molecule has 1 aliphatic heterocycles. The van der Waals surface area contributed by atoms with Gasteiger partial charge in [0.2, 0.25) is 0 Å². The molecule has 0 bridgehead atoms. The second-order valence-electron chi connectivity index (χ2n) is 6.84. The van der Waals surface area contributed by atoms with Crippen molar-refractivity contribution in [2.75, 3.05) is 31.7 Å². The summed E-state index contributed by atoms with van der Waals surface area (Å²) >= 11 is 6.16. The van der Waals surface area contributed by atoms with Crippen LogP contribution in [0.25, 0.3) is 11.4 Å². The first-order valence-electron chi connectivity index (χ1n) is 9.26. The lowest BCUT2D eigenvalue weighted by Gasteiger charge is -2.34. The molecule has 0 radical (unpaired) electrons. The van der Waals surface area contributed by atoms with Crippen molar-refractivity contribution in [2.24, 2.45) is 0 Å². The van der Waals surface area contributed by atoms with Gasteiger partial charge in [0.15, 0.2) is 11.9 Å². The zero-order valence-corrected chi connectivity index (χ0v) is 16.0. The standard InChI is InChI=1S/C20H22ClN3O3/c1-26-20(25)17-12-24(9-10-27-17)19-15-7-2-3-8-16(15)22-18(23-19)13-5-4-6-14(21)11-13/h4-6,11,17H,2-3,7-10,12H2,1H3. The Morgan fingerprint density at radius 3 is 2.96 bits per heavy atom. The molecule has 27 heavy (non-hydrogen) atoms. The second kappa shape index (κ2) is 7.82. The van der Waals surface area contributed by atoms with E-state index >= 15 is 0 Å². The number of morpholine rings is 1. The predicted molar refractivity (Wildman–Crippen MR) is 103 cm³/mol. The van der Waals surface area contributed by atoms with Gasteiger partial charge >= 0.3 is 5.97 Å². The Kier molecular flexibility index (Phi) is 5.27. The number of methoxy groups -OCH3 is 1. The smallest absolute Gasteiger partial charge is 0.336 e. The molecule has 2 heterocycles. The number of carbonyl (C=O) groups excluding carboxylic acids is 1. The summed E-state index contributed by atoms with van der Waals surface area (Å²) in [6.07, 6.45) is 3.58. The molecular formula is C20H22ClN3O3. The van der Waals surface area contributed by atoms with Gasteiger partial charge in [-0.15, -0.1) is 0 Å². The highest BCUT2D eigenvalue weighted by atomic mass is 35.5. The molecule has 0 spiro atoms. The van der Waals surface area contributed by atoms with E-state index in [0.717, 1.165) is 42.8 Å². The molecule has 1 aromatic heterocycles. The number of esters is 1. The minimum atomic E-state index is -0.590. The lowest BCUT2D eigenvalue weighted by Crippen LogP contribution is -2.47. The van der Waals surface area contributed by atoms with Gasteiger partial charge in [0.05, 0.1) is 20.3 Å². The van der Waals surface area contributed by atoms with Gasteiger partial charge < -0.3 is 14.4 Å². The van der Waals surface area contributed by atoms with Crippen LogP contribution < -0.4 is 4.90 Å². The van der Waals surface area contributed by atoms with Crippen LogP contribution in [0, 0.1) is 0 Å². The summed E-state index contributed by atoms with van der Waals surface area (Å²) in [6, 6.07) is 7.60. The Balaban J connectivity index is 1.74. The van der Waals surface area contributed by atoms with Gasteiger partial charge in [0.1, 0.15) is 5.82 Å². The molecule has 2 aromatic rings. The number of fused-ring (bicyclic) bond motifs is 1. The van der Waals surface area contributed by atoms with E-state index in [1.165, 1.54) is 12.7 Å². The molecule has 1 aliphatic carbocycles. The zero-order chi connectivity index (χ0) is 18.8. The van der Waals surface area contributed by atoms with Gasteiger partial charge in [-0.05, 0) is 37.8 Å². The Morgan fingerprint density at radius 2 is 2.15 bits per heavy atom. The third kappa shape index (κ3) is 3.77. The number of benzene rings is 1. The summed E-state index contributed by atoms with van der Waals surface area (Å²) in [5, 5.41) is 0.660. The van der Waals surface area contributed by atoms with Gasteiger partial charge in [-0.3, -0.25) is 0 Å². The maximum absolute atomic E-state index is 11.9. The molecule has 4 rings (SSSR count). The van der Waals surface area contributed by atoms with Gasteiger partial charge in [-0.25, -0.2) is 14.8 Å². The fourth-order valence-electron chi connectivity index (χ4n) is 3.71. The van der Waals surface area contributed by atoms with E-state index < -0.39 is 6.10 Å². The van der Waals surface area contributed by atoms with Crippen molar-refractivity contribution in [3.63, 3.8) is 0 Å². The normalized spacial score (nSPS) is 19.5. The number of halogens is 1. The van der Waals surface area contributed by atoms with E-state index in [9.17, 15) is 4.79 Å². The number of aryl methyl sites for hydroxylation is 1. The van der Waals surface area contributed by atoms with Crippen LogP contribution in [0.2, 0.25) is 5.02 Å². The topological polar surface area (TPSA) is 64.5 Å². The van der Waals surface area contributed by atoms with Crippen molar-refractivity contribution in [3.05, 3.63) is 40.5 Å². The maximum atomic E-state index is 11.9. The Morgan fingerprint density at radius 1 is 1.30 bits per heavy atom. The summed E-state index contributed by atoms with van der Waals surface area (Å²) < 4.78 is 10.4. The minimum Gasteiger partial charge on any atom is -0.467 e. The van der Waals surface area contributed by atoms with E-state index in [1.807, 2.05) is 24.3 Å². The van der Waals surface area contributed by atoms with Crippen LogP contribution in [0.1, 0.15) is 24.1 Å². The third-order valence-corrected chi connectivity index (χ3v) is 5.31. The molecule has 1 unspecified atom stereocenters. The fraction of sp³-hybridized carbons (Fsp3) is 0.450. The first kappa shape index (κ1) is 18.2. The summed E-state index contributed by atoms with van der Waals surface area (Å²) in [4.78, 5) is 23.8. The van der Waals surface area contributed by atoms with Crippen LogP contribution in [0.3, 0.4) is 0 Å². The van der Waals surface area contributed by atoms with Crippen LogP contribution in [0.15, 0.2) is 24.3 Å². The van der Waals surface area contributed by atoms with E-state index in [-0.39, 0.29) is 5.97 Å². The van der Waals surface area contributed by atoms with Crippen LogP contribution in [0.4, 0.5) is 5.82 Å². The average Bonchev–Trinajstić information content (AvgIpc) is 2.72. The van der Waals surface area contributed by atoms with Crippen LogP contribution >= 0.6 is 11.6 Å². The number of hydrogen-bond acceptors (Lipinski definition) is 6. The summed E-state index contributed by atoms with van der Waals surface area (Å²) in [5.74, 6) is 1.24. The van der Waals surface area contributed by atoms with Crippen LogP contribution in [0.5, 0.6) is 0 Å². The largest absolute Gasteiger partial charge is 0.467 e. The van der Waals surface area contributed by atoms with Crippen molar-refractivity contribution in [1.82, 2.24) is 9.97 Å². The third-order valence-electron chi connectivity index (χ3n) is 5.07. The summed E-state index contributed by atoms with van der Waals surface area (Å²) in [7, 11) is 1.38. The molecule has 6 nitrogen and oxygen atoms in total. The van der Waals surface area contributed by atoms with Crippen molar-refractivity contribution < 1.29 is 14.3 Å². The van der Waals surface area contributed by atoms with Gasteiger partial charge in [-0.2, -0.15) is 0 Å².